The molecule has 0 bridgehead atoms. The van der Waals surface area contributed by atoms with Crippen molar-refractivity contribution in [2.45, 2.75) is 4.21 Å². The van der Waals surface area contributed by atoms with E-state index in [9.17, 15) is 18.0 Å². The molecular formula is C15H14Cl2N2O5S3. The van der Waals surface area contributed by atoms with Crippen LogP contribution in [0, 0.1) is 0 Å². The molecule has 7 nitrogen and oxygen atoms in total. The first kappa shape index (κ1) is 20.6. The van der Waals surface area contributed by atoms with Crippen LogP contribution < -0.4 is 0 Å². The van der Waals surface area contributed by atoms with Crippen molar-refractivity contribution in [3.8, 4) is 0 Å². The molecule has 1 aliphatic rings. The van der Waals surface area contributed by atoms with Crippen molar-refractivity contribution >= 4 is 67.8 Å². The van der Waals surface area contributed by atoms with Gasteiger partial charge in [0.15, 0.2) is 0 Å². The summed E-state index contributed by atoms with van der Waals surface area (Å²) < 4.78 is 32.2. The molecule has 0 spiro atoms. The summed E-state index contributed by atoms with van der Waals surface area (Å²) in [5.74, 6) is -0.862. The normalized spacial score (nSPS) is 15.7. The van der Waals surface area contributed by atoms with E-state index in [1.165, 1.54) is 28.9 Å². The first-order valence-corrected chi connectivity index (χ1v) is 11.5. The summed E-state index contributed by atoms with van der Waals surface area (Å²) in [7, 11) is -2.51. The Bertz CT molecular complexity index is 977. The molecule has 0 aromatic carbocycles. The third kappa shape index (κ3) is 4.15. The van der Waals surface area contributed by atoms with E-state index in [-0.39, 0.29) is 41.9 Å². The van der Waals surface area contributed by atoms with Crippen LogP contribution in [0.25, 0.3) is 0 Å². The predicted molar refractivity (Wildman–Crippen MR) is 105 cm³/mol. The lowest BCUT2D eigenvalue weighted by Gasteiger charge is -2.33. The second-order valence-corrected chi connectivity index (χ2v) is 10.9. The summed E-state index contributed by atoms with van der Waals surface area (Å²) >= 11 is 14.0. The maximum absolute atomic E-state index is 12.8. The molecule has 27 heavy (non-hydrogen) atoms. The minimum absolute atomic E-state index is 0.0651. The van der Waals surface area contributed by atoms with Gasteiger partial charge >= 0.3 is 5.97 Å². The molecule has 1 amide bonds. The van der Waals surface area contributed by atoms with E-state index in [1.54, 1.807) is 4.90 Å². The highest BCUT2D eigenvalue weighted by atomic mass is 35.5. The Kier molecular flexibility index (Phi) is 6.14. The lowest BCUT2D eigenvalue weighted by Crippen LogP contribution is -2.50. The van der Waals surface area contributed by atoms with Gasteiger partial charge in [0.05, 0.1) is 22.6 Å². The third-order valence-corrected chi connectivity index (χ3v) is 8.80. The van der Waals surface area contributed by atoms with Gasteiger partial charge in [-0.25, -0.2) is 13.2 Å². The molecule has 0 atom stereocenters. The summed E-state index contributed by atoms with van der Waals surface area (Å²) in [6, 6.07) is 2.82. The standard InChI is InChI=1S/C15H14Cl2N2O5S3/c1-24-15(21)9-6-12(25-8-9)27(22,23)19-4-2-18(3-5-19)14(20)10-7-11(16)26-13(10)17/h6-8H,2-5H2,1H3. The largest absolute Gasteiger partial charge is 0.465 e. The lowest BCUT2D eigenvalue weighted by atomic mass is 10.2. The highest BCUT2D eigenvalue weighted by Gasteiger charge is 2.32. The molecule has 0 N–H and O–H groups in total. The molecule has 0 unspecified atom stereocenters. The number of piperazine rings is 1. The smallest absolute Gasteiger partial charge is 0.338 e. The van der Waals surface area contributed by atoms with Crippen LogP contribution in [0.2, 0.25) is 8.67 Å². The van der Waals surface area contributed by atoms with Crippen LogP contribution in [-0.4, -0.2) is 62.8 Å². The van der Waals surface area contributed by atoms with Crippen LogP contribution in [0.1, 0.15) is 20.7 Å². The van der Waals surface area contributed by atoms with Gasteiger partial charge in [0, 0.05) is 31.6 Å². The molecule has 146 valence electrons. The van der Waals surface area contributed by atoms with Gasteiger partial charge in [-0.15, -0.1) is 22.7 Å². The van der Waals surface area contributed by atoms with Gasteiger partial charge in [-0.1, -0.05) is 23.2 Å². The number of ether oxygens (including phenoxy) is 1. The van der Waals surface area contributed by atoms with E-state index < -0.39 is 16.0 Å². The fourth-order valence-corrected chi connectivity index (χ4v) is 6.76. The van der Waals surface area contributed by atoms with Gasteiger partial charge in [0.1, 0.15) is 8.55 Å². The Hall–Kier alpha value is -1.17. The van der Waals surface area contributed by atoms with E-state index in [4.69, 9.17) is 23.2 Å². The Balaban J connectivity index is 1.69. The third-order valence-electron chi connectivity index (χ3n) is 4.00. The number of methoxy groups -OCH3 is 1. The molecule has 2 aromatic heterocycles. The maximum Gasteiger partial charge on any atom is 0.338 e. The fraction of sp³-hybridized carbons (Fsp3) is 0.333. The predicted octanol–water partition coefficient (Wildman–Crippen LogP) is 3.05. The zero-order valence-corrected chi connectivity index (χ0v) is 17.9. The van der Waals surface area contributed by atoms with Crippen molar-refractivity contribution in [1.82, 2.24) is 9.21 Å². The molecular weight excluding hydrogens is 455 g/mol. The van der Waals surface area contributed by atoms with Crippen LogP contribution in [0.15, 0.2) is 21.7 Å². The van der Waals surface area contributed by atoms with E-state index in [2.05, 4.69) is 4.74 Å². The van der Waals surface area contributed by atoms with Crippen LogP contribution in [0.4, 0.5) is 0 Å². The first-order chi connectivity index (χ1) is 12.7. The fourth-order valence-electron chi connectivity index (χ4n) is 2.59. The number of rotatable bonds is 4. The number of carbonyl (C=O) groups is 2. The lowest BCUT2D eigenvalue weighted by molar-refractivity contribution is 0.0600. The molecule has 1 fully saturated rings. The van der Waals surface area contributed by atoms with Gasteiger partial charge in [-0.3, -0.25) is 4.79 Å². The Morgan fingerprint density at radius 3 is 2.37 bits per heavy atom. The van der Waals surface area contributed by atoms with Crippen molar-refractivity contribution in [2.75, 3.05) is 33.3 Å². The topological polar surface area (TPSA) is 84.0 Å². The Morgan fingerprint density at radius 1 is 1.15 bits per heavy atom. The van der Waals surface area contributed by atoms with Gasteiger partial charge in [-0.2, -0.15) is 4.31 Å². The van der Waals surface area contributed by atoms with Crippen molar-refractivity contribution < 1.29 is 22.7 Å². The highest BCUT2D eigenvalue weighted by molar-refractivity contribution is 7.91. The van der Waals surface area contributed by atoms with Crippen molar-refractivity contribution in [3.05, 3.63) is 37.3 Å². The number of nitrogens with zero attached hydrogens (tertiary/aromatic N) is 2. The molecule has 0 aliphatic carbocycles. The van der Waals surface area contributed by atoms with E-state index in [0.717, 1.165) is 22.7 Å². The van der Waals surface area contributed by atoms with Gasteiger partial charge in [-0.05, 0) is 12.1 Å². The van der Waals surface area contributed by atoms with Crippen molar-refractivity contribution in [3.63, 3.8) is 0 Å². The van der Waals surface area contributed by atoms with Gasteiger partial charge in [0.25, 0.3) is 15.9 Å². The number of carbonyl (C=O) groups excluding carboxylic acids is 2. The molecule has 0 saturated carbocycles. The summed E-state index contributed by atoms with van der Waals surface area (Å²) in [5, 5.41) is 1.45. The number of sulfonamides is 1. The van der Waals surface area contributed by atoms with Crippen LogP contribution >= 0.6 is 45.9 Å². The van der Waals surface area contributed by atoms with Crippen LogP contribution in [-0.2, 0) is 14.8 Å². The molecule has 1 saturated heterocycles. The van der Waals surface area contributed by atoms with Gasteiger partial charge < -0.3 is 9.64 Å². The van der Waals surface area contributed by atoms with E-state index in [1.807, 2.05) is 0 Å². The van der Waals surface area contributed by atoms with E-state index in [0.29, 0.717) is 14.2 Å². The van der Waals surface area contributed by atoms with Crippen LogP contribution in [0.5, 0.6) is 0 Å². The van der Waals surface area contributed by atoms with Crippen molar-refractivity contribution in [1.29, 1.82) is 0 Å². The Morgan fingerprint density at radius 2 is 1.81 bits per heavy atom. The number of hydrogen-bond acceptors (Lipinski definition) is 7. The minimum atomic E-state index is -3.74. The molecule has 12 heteroatoms. The van der Waals surface area contributed by atoms with E-state index >= 15 is 0 Å². The second-order valence-electron chi connectivity index (χ2n) is 5.58. The summed E-state index contributed by atoms with van der Waals surface area (Å²) in [4.78, 5) is 25.6. The van der Waals surface area contributed by atoms with Crippen LogP contribution in [0.3, 0.4) is 0 Å². The maximum atomic E-state index is 12.8. The Labute approximate surface area is 174 Å². The SMILES string of the molecule is COC(=O)c1csc(S(=O)(=O)N2CCN(C(=O)c3cc(Cl)sc3Cl)CC2)c1. The monoisotopic (exact) mass is 468 g/mol. The first-order valence-electron chi connectivity index (χ1n) is 7.65. The quantitative estimate of drug-likeness (QED) is 0.643. The summed E-state index contributed by atoms with van der Waals surface area (Å²) in [5.41, 5.74) is 0.516. The zero-order chi connectivity index (χ0) is 19.8. The van der Waals surface area contributed by atoms with Crippen molar-refractivity contribution in [2.24, 2.45) is 0 Å². The average Bonchev–Trinajstić information content (AvgIpc) is 3.27. The molecule has 1 aliphatic heterocycles. The number of thiophene rings is 2. The molecule has 0 radical (unpaired) electrons. The summed E-state index contributed by atoms with van der Waals surface area (Å²) in [6.45, 7) is 0.762. The number of halogens is 2. The zero-order valence-electron chi connectivity index (χ0n) is 14.0. The summed E-state index contributed by atoms with van der Waals surface area (Å²) in [6.07, 6.45) is 0. The number of hydrogen-bond donors (Lipinski definition) is 0. The highest BCUT2D eigenvalue weighted by Crippen LogP contribution is 2.32. The minimum Gasteiger partial charge on any atom is -0.465 e. The average molecular weight is 469 g/mol. The molecule has 3 heterocycles. The van der Waals surface area contributed by atoms with Gasteiger partial charge in [0.2, 0.25) is 0 Å². The second kappa shape index (κ2) is 8.06. The molecule has 2 aromatic rings. The number of amides is 1. The number of esters is 1. The molecule has 3 rings (SSSR count).